The molecular formula is C22H28N2O4. The molecular weight excluding hydrogens is 356 g/mol. The number of anilines is 1. The molecule has 3 rings (SSSR count). The molecule has 1 saturated heterocycles. The SMILES string of the molecule is CC[C@@H](Oc1ccc(OC)cc1)C(=O)N1CCN(c2ccc(OC)cc2)CC1. The minimum Gasteiger partial charge on any atom is -0.497 e. The van der Waals surface area contributed by atoms with Crippen LogP contribution in [0.5, 0.6) is 17.2 Å². The lowest BCUT2D eigenvalue weighted by atomic mass is 10.2. The van der Waals surface area contributed by atoms with Crippen molar-refractivity contribution in [3.05, 3.63) is 48.5 Å². The fraction of sp³-hybridized carbons (Fsp3) is 0.409. The standard InChI is InChI=1S/C22H28N2O4/c1-4-21(28-20-11-9-19(27-3)10-12-20)22(25)24-15-13-23(14-16-24)17-5-7-18(26-2)8-6-17/h5-12,21H,4,13-16H2,1-3H3/t21-/m1/s1. The van der Waals surface area contributed by atoms with Gasteiger partial charge in [-0.1, -0.05) is 6.92 Å². The van der Waals surface area contributed by atoms with Gasteiger partial charge >= 0.3 is 0 Å². The zero-order chi connectivity index (χ0) is 19.9. The average Bonchev–Trinajstić information content (AvgIpc) is 2.77. The van der Waals surface area contributed by atoms with E-state index in [1.54, 1.807) is 14.2 Å². The largest absolute Gasteiger partial charge is 0.497 e. The molecule has 0 radical (unpaired) electrons. The summed E-state index contributed by atoms with van der Waals surface area (Å²) in [7, 11) is 3.29. The Kier molecular flexibility index (Phi) is 6.63. The molecule has 0 aliphatic carbocycles. The van der Waals surface area contributed by atoms with Gasteiger partial charge in [0.15, 0.2) is 6.10 Å². The summed E-state index contributed by atoms with van der Waals surface area (Å²) in [6.07, 6.45) is 0.157. The van der Waals surface area contributed by atoms with Crippen molar-refractivity contribution in [1.29, 1.82) is 0 Å². The number of hydrogen-bond donors (Lipinski definition) is 0. The van der Waals surface area contributed by atoms with E-state index in [4.69, 9.17) is 14.2 Å². The molecule has 0 aromatic heterocycles. The van der Waals surface area contributed by atoms with Crippen LogP contribution in [0.2, 0.25) is 0 Å². The van der Waals surface area contributed by atoms with Gasteiger partial charge in [-0.15, -0.1) is 0 Å². The van der Waals surface area contributed by atoms with Gasteiger partial charge in [0, 0.05) is 31.9 Å². The molecule has 0 spiro atoms. The summed E-state index contributed by atoms with van der Waals surface area (Å²) in [5.74, 6) is 2.34. The highest BCUT2D eigenvalue weighted by molar-refractivity contribution is 5.81. The van der Waals surface area contributed by atoms with Gasteiger partial charge in [0.05, 0.1) is 14.2 Å². The summed E-state index contributed by atoms with van der Waals surface area (Å²) in [5, 5.41) is 0. The van der Waals surface area contributed by atoms with Crippen molar-refractivity contribution in [3.63, 3.8) is 0 Å². The molecule has 0 unspecified atom stereocenters. The summed E-state index contributed by atoms with van der Waals surface area (Å²) >= 11 is 0. The van der Waals surface area contributed by atoms with Gasteiger partial charge in [0.1, 0.15) is 17.2 Å². The number of benzene rings is 2. The van der Waals surface area contributed by atoms with Gasteiger partial charge < -0.3 is 24.0 Å². The van der Waals surface area contributed by atoms with Crippen molar-refractivity contribution in [2.75, 3.05) is 45.3 Å². The number of nitrogens with zero attached hydrogens (tertiary/aromatic N) is 2. The van der Waals surface area contributed by atoms with E-state index >= 15 is 0 Å². The first-order chi connectivity index (χ1) is 13.6. The van der Waals surface area contributed by atoms with Crippen molar-refractivity contribution in [3.8, 4) is 17.2 Å². The van der Waals surface area contributed by atoms with E-state index in [1.165, 1.54) is 0 Å². The van der Waals surface area contributed by atoms with Crippen molar-refractivity contribution >= 4 is 11.6 Å². The second kappa shape index (κ2) is 9.35. The van der Waals surface area contributed by atoms with E-state index in [0.29, 0.717) is 25.3 Å². The summed E-state index contributed by atoms with van der Waals surface area (Å²) < 4.78 is 16.3. The lowest BCUT2D eigenvalue weighted by Gasteiger charge is -2.37. The van der Waals surface area contributed by atoms with Crippen LogP contribution >= 0.6 is 0 Å². The number of amides is 1. The van der Waals surface area contributed by atoms with Crippen molar-refractivity contribution in [2.45, 2.75) is 19.4 Å². The predicted molar refractivity (Wildman–Crippen MR) is 109 cm³/mol. The second-order valence-corrected chi connectivity index (χ2v) is 6.70. The van der Waals surface area contributed by atoms with Crippen LogP contribution < -0.4 is 19.1 Å². The number of hydrogen-bond acceptors (Lipinski definition) is 5. The molecule has 6 nitrogen and oxygen atoms in total. The molecule has 1 fully saturated rings. The van der Waals surface area contributed by atoms with E-state index in [-0.39, 0.29) is 5.91 Å². The number of carbonyl (C=O) groups is 1. The Morgan fingerprint density at radius 1 is 0.857 bits per heavy atom. The van der Waals surface area contributed by atoms with Gasteiger partial charge in [-0.2, -0.15) is 0 Å². The highest BCUT2D eigenvalue weighted by Gasteiger charge is 2.28. The Balaban J connectivity index is 1.56. The quantitative estimate of drug-likeness (QED) is 0.734. The first-order valence-electron chi connectivity index (χ1n) is 9.63. The molecule has 0 N–H and O–H groups in total. The third-order valence-corrected chi connectivity index (χ3v) is 5.01. The minimum absolute atomic E-state index is 0.0488. The number of carbonyl (C=O) groups excluding carboxylic acids is 1. The van der Waals surface area contributed by atoms with Crippen LogP contribution in [-0.4, -0.2) is 57.3 Å². The van der Waals surface area contributed by atoms with Gasteiger partial charge in [-0.25, -0.2) is 0 Å². The summed E-state index contributed by atoms with van der Waals surface area (Å²) in [5.41, 5.74) is 1.15. The van der Waals surface area contributed by atoms with E-state index in [9.17, 15) is 4.79 Å². The lowest BCUT2D eigenvalue weighted by Crippen LogP contribution is -2.52. The molecule has 1 amide bonds. The van der Waals surface area contributed by atoms with Crippen LogP contribution in [0.1, 0.15) is 13.3 Å². The fourth-order valence-corrected chi connectivity index (χ4v) is 3.31. The monoisotopic (exact) mass is 384 g/mol. The minimum atomic E-state index is -0.471. The fourth-order valence-electron chi connectivity index (χ4n) is 3.31. The van der Waals surface area contributed by atoms with Crippen LogP contribution in [0.3, 0.4) is 0 Å². The summed E-state index contributed by atoms with van der Waals surface area (Å²) in [6, 6.07) is 15.4. The Morgan fingerprint density at radius 2 is 1.36 bits per heavy atom. The maximum atomic E-state index is 12.9. The topological polar surface area (TPSA) is 51.2 Å². The second-order valence-electron chi connectivity index (χ2n) is 6.70. The predicted octanol–water partition coefficient (Wildman–Crippen LogP) is 3.21. The van der Waals surface area contributed by atoms with E-state index in [1.807, 2.05) is 48.2 Å². The number of rotatable bonds is 7. The molecule has 0 bridgehead atoms. The first kappa shape index (κ1) is 19.9. The van der Waals surface area contributed by atoms with Gasteiger partial charge in [0.2, 0.25) is 0 Å². The van der Waals surface area contributed by atoms with Gasteiger partial charge in [-0.3, -0.25) is 4.79 Å². The van der Waals surface area contributed by atoms with Crippen molar-refractivity contribution in [2.24, 2.45) is 0 Å². The first-order valence-corrected chi connectivity index (χ1v) is 9.63. The Bertz CT molecular complexity index is 753. The Hall–Kier alpha value is -2.89. The number of methoxy groups -OCH3 is 2. The van der Waals surface area contributed by atoms with Gasteiger partial charge in [-0.05, 0) is 55.0 Å². The van der Waals surface area contributed by atoms with Crippen LogP contribution in [0.15, 0.2) is 48.5 Å². The molecule has 1 aliphatic rings. The number of ether oxygens (including phenoxy) is 3. The van der Waals surface area contributed by atoms with E-state index < -0.39 is 6.10 Å². The van der Waals surface area contributed by atoms with Crippen LogP contribution in [0, 0.1) is 0 Å². The third-order valence-electron chi connectivity index (χ3n) is 5.01. The van der Waals surface area contributed by atoms with Crippen molar-refractivity contribution < 1.29 is 19.0 Å². The van der Waals surface area contributed by atoms with E-state index in [0.717, 1.165) is 30.3 Å². The summed E-state index contributed by atoms with van der Waals surface area (Å²) in [6.45, 7) is 4.95. The molecule has 1 atom stereocenters. The Morgan fingerprint density at radius 3 is 1.86 bits per heavy atom. The highest BCUT2D eigenvalue weighted by Crippen LogP contribution is 2.22. The number of piperazine rings is 1. The van der Waals surface area contributed by atoms with Crippen molar-refractivity contribution in [1.82, 2.24) is 4.90 Å². The Labute approximate surface area is 166 Å². The molecule has 0 saturated carbocycles. The molecule has 150 valence electrons. The molecule has 1 heterocycles. The average molecular weight is 384 g/mol. The van der Waals surface area contributed by atoms with Crippen LogP contribution in [0.25, 0.3) is 0 Å². The molecule has 28 heavy (non-hydrogen) atoms. The molecule has 6 heteroatoms. The zero-order valence-electron chi connectivity index (χ0n) is 16.8. The zero-order valence-corrected chi connectivity index (χ0v) is 16.8. The highest BCUT2D eigenvalue weighted by atomic mass is 16.5. The third kappa shape index (κ3) is 4.68. The lowest BCUT2D eigenvalue weighted by molar-refractivity contribution is -0.139. The maximum Gasteiger partial charge on any atom is 0.263 e. The normalized spacial score (nSPS) is 15.1. The van der Waals surface area contributed by atoms with E-state index in [2.05, 4.69) is 17.0 Å². The summed E-state index contributed by atoms with van der Waals surface area (Å²) in [4.78, 5) is 17.1. The van der Waals surface area contributed by atoms with Gasteiger partial charge in [0.25, 0.3) is 5.91 Å². The smallest absolute Gasteiger partial charge is 0.263 e. The maximum absolute atomic E-state index is 12.9. The van der Waals surface area contributed by atoms with Crippen LogP contribution in [-0.2, 0) is 4.79 Å². The molecule has 1 aliphatic heterocycles. The van der Waals surface area contributed by atoms with Crippen LogP contribution in [0.4, 0.5) is 5.69 Å². The molecule has 2 aromatic rings. The molecule has 2 aromatic carbocycles.